The number of methoxy groups -OCH3 is 2. The molecule has 3 rings (SSSR count). The van der Waals surface area contributed by atoms with Crippen LogP contribution in [0.3, 0.4) is 0 Å². The first-order valence-electron chi connectivity index (χ1n) is 8.16. The third kappa shape index (κ3) is 3.83. The molecule has 1 heterocycles. The second kappa shape index (κ2) is 7.59. The summed E-state index contributed by atoms with van der Waals surface area (Å²) in [5.41, 5.74) is 2.92. The maximum atomic E-state index is 9.57. The average molecular weight is 329 g/mol. The predicted octanol–water partition coefficient (Wildman–Crippen LogP) is 2.16. The molecule has 0 saturated heterocycles. The van der Waals surface area contributed by atoms with Gasteiger partial charge in [-0.15, -0.1) is 10.2 Å². The van der Waals surface area contributed by atoms with Crippen LogP contribution in [0, 0.1) is 0 Å². The molecule has 24 heavy (non-hydrogen) atoms. The van der Waals surface area contributed by atoms with Gasteiger partial charge in [0, 0.05) is 24.2 Å². The van der Waals surface area contributed by atoms with Gasteiger partial charge in [-0.3, -0.25) is 0 Å². The van der Waals surface area contributed by atoms with Crippen molar-refractivity contribution in [3.05, 3.63) is 35.9 Å². The molecule has 1 aliphatic carbocycles. The molecule has 0 aliphatic heterocycles. The Morgan fingerprint density at radius 3 is 2.54 bits per heavy atom. The number of nitrogens with one attached hydrogen (secondary N) is 1. The van der Waals surface area contributed by atoms with Crippen LogP contribution in [0.1, 0.15) is 24.8 Å². The van der Waals surface area contributed by atoms with Crippen molar-refractivity contribution in [3.63, 3.8) is 0 Å². The molecule has 0 radical (unpaired) electrons. The lowest BCUT2D eigenvalue weighted by Gasteiger charge is -2.12. The molecule has 6 heteroatoms. The Morgan fingerprint density at radius 1 is 1.12 bits per heavy atom. The molecule has 1 aromatic heterocycles. The molecule has 1 saturated carbocycles. The van der Waals surface area contributed by atoms with E-state index in [-0.39, 0.29) is 6.10 Å². The van der Waals surface area contributed by atoms with Gasteiger partial charge in [0.15, 0.2) is 5.75 Å². The molecular formula is C18H23N3O3. The van der Waals surface area contributed by atoms with Gasteiger partial charge >= 0.3 is 0 Å². The smallest absolute Gasteiger partial charge is 0.276 e. The zero-order valence-electron chi connectivity index (χ0n) is 14.0. The molecule has 1 aromatic carbocycles. The normalized spacial score (nSPS) is 20.1. The van der Waals surface area contributed by atoms with E-state index in [0.29, 0.717) is 17.7 Å². The van der Waals surface area contributed by atoms with Gasteiger partial charge in [-0.05, 0) is 24.8 Å². The minimum absolute atomic E-state index is 0.145. The first-order chi connectivity index (χ1) is 11.7. The Bertz CT molecular complexity index is 676. The fourth-order valence-electron chi connectivity index (χ4n) is 2.99. The van der Waals surface area contributed by atoms with Gasteiger partial charge in [0.1, 0.15) is 0 Å². The number of nitrogens with zero attached hydrogens (tertiary/aromatic N) is 2. The summed E-state index contributed by atoms with van der Waals surface area (Å²) in [7, 11) is 3.12. The second-order valence-electron chi connectivity index (χ2n) is 6.05. The van der Waals surface area contributed by atoms with E-state index < -0.39 is 0 Å². The van der Waals surface area contributed by atoms with Gasteiger partial charge in [-0.2, -0.15) is 0 Å². The molecule has 1 fully saturated rings. The van der Waals surface area contributed by atoms with Crippen LogP contribution in [-0.4, -0.2) is 41.7 Å². The summed E-state index contributed by atoms with van der Waals surface area (Å²) in [6.07, 6.45) is 2.64. The van der Waals surface area contributed by atoms with Crippen molar-refractivity contribution in [2.45, 2.75) is 38.0 Å². The highest BCUT2D eigenvalue weighted by Crippen LogP contribution is 2.28. The van der Waals surface area contributed by atoms with Crippen LogP contribution < -0.4 is 14.8 Å². The maximum Gasteiger partial charge on any atom is 0.276 e. The van der Waals surface area contributed by atoms with Gasteiger partial charge < -0.3 is 19.9 Å². The topological polar surface area (TPSA) is 76.5 Å². The average Bonchev–Trinajstić information content (AvgIpc) is 3.05. The van der Waals surface area contributed by atoms with Crippen molar-refractivity contribution in [2.75, 3.05) is 14.2 Å². The van der Waals surface area contributed by atoms with Crippen LogP contribution in [0.15, 0.2) is 30.3 Å². The summed E-state index contributed by atoms with van der Waals surface area (Å²) in [5.74, 6) is 0.939. The summed E-state index contributed by atoms with van der Waals surface area (Å²) >= 11 is 0. The standard InChI is InChI=1S/C18H23N3O3/c1-23-17-10-16(20-21-18(17)24-2)13-5-3-12(4-6-13)11-19-14-7-8-15(22)9-14/h3-6,10,14-15,19,22H,7-9,11H2,1-2H3. The molecule has 0 amide bonds. The van der Waals surface area contributed by atoms with Gasteiger partial charge in [0.2, 0.25) is 0 Å². The van der Waals surface area contributed by atoms with E-state index in [1.807, 2.05) is 18.2 Å². The monoisotopic (exact) mass is 329 g/mol. The van der Waals surface area contributed by atoms with Crippen molar-refractivity contribution in [1.82, 2.24) is 15.5 Å². The van der Waals surface area contributed by atoms with Crippen LogP contribution in [0.2, 0.25) is 0 Å². The Hall–Kier alpha value is -2.18. The molecule has 2 aromatic rings. The number of rotatable bonds is 6. The lowest BCUT2D eigenvalue weighted by atomic mass is 10.1. The van der Waals surface area contributed by atoms with Crippen LogP contribution in [0.4, 0.5) is 0 Å². The largest absolute Gasteiger partial charge is 0.491 e. The Balaban J connectivity index is 1.65. The van der Waals surface area contributed by atoms with Gasteiger partial charge in [-0.1, -0.05) is 24.3 Å². The maximum absolute atomic E-state index is 9.57. The van der Waals surface area contributed by atoms with Crippen LogP contribution in [0.25, 0.3) is 11.3 Å². The molecule has 6 nitrogen and oxygen atoms in total. The van der Waals surface area contributed by atoms with Crippen molar-refractivity contribution >= 4 is 0 Å². The van der Waals surface area contributed by atoms with E-state index in [0.717, 1.165) is 37.1 Å². The third-order valence-electron chi connectivity index (χ3n) is 4.39. The van der Waals surface area contributed by atoms with Crippen molar-refractivity contribution in [1.29, 1.82) is 0 Å². The highest BCUT2D eigenvalue weighted by atomic mass is 16.5. The minimum atomic E-state index is -0.145. The number of aliphatic hydroxyl groups is 1. The lowest BCUT2D eigenvalue weighted by Crippen LogP contribution is -2.26. The van der Waals surface area contributed by atoms with Crippen molar-refractivity contribution in [2.24, 2.45) is 0 Å². The van der Waals surface area contributed by atoms with Crippen LogP contribution >= 0.6 is 0 Å². The van der Waals surface area contributed by atoms with E-state index in [1.165, 1.54) is 12.7 Å². The predicted molar refractivity (Wildman–Crippen MR) is 91.1 cm³/mol. The number of hydrogen-bond acceptors (Lipinski definition) is 6. The molecule has 2 unspecified atom stereocenters. The van der Waals surface area contributed by atoms with Crippen molar-refractivity contribution < 1.29 is 14.6 Å². The first kappa shape index (κ1) is 16.7. The van der Waals surface area contributed by atoms with E-state index in [1.54, 1.807) is 7.11 Å². The molecule has 2 atom stereocenters. The summed E-state index contributed by atoms with van der Waals surface area (Å²) in [6, 6.07) is 10.4. The SMILES string of the molecule is COc1cc(-c2ccc(CNC3CCC(O)C3)cc2)nnc1OC. The fourth-order valence-corrected chi connectivity index (χ4v) is 2.99. The number of hydrogen-bond donors (Lipinski definition) is 2. The van der Waals surface area contributed by atoms with E-state index in [9.17, 15) is 5.11 Å². The molecule has 0 bridgehead atoms. The molecule has 2 N–H and O–H groups in total. The second-order valence-corrected chi connectivity index (χ2v) is 6.05. The number of aromatic nitrogens is 2. The van der Waals surface area contributed by atoms with E-state index >= 15 is 0 Å². The number of aliphatic hydroxyl groups excluding tert-OH is 1. The van der Waals surface area contributed by atoms with Crippen LogP contribution in [-0.2, 0) is 6.54 Å². The Morgan fingerprint density at radius 2 is 1.92 bits per heavy atom. The summed E-state index contributed by atoms with van der Waals surface area (Å²) < 4.78 is 10.4. The van der Waals surface area contributed by atoms with E-state index in [4.69, 9.17) is 9.47 Å². The zero-order chi connectivity index (χ0) is 16.9. The number of benzene rings is 1. The molecular weight excluding hydrogens is 306 g/mol. The molecule has 0 spiro atoms. The summed E-state index contributed by atoms with van der Waals surface area (Å²) in [4.78, 5) is 0. The third-order valence-corrected chi connectivity index (χ3v) is 4.39. The molecule has 128 valence electrons. The van der Waals surface area contributed by atoms with Crippen LogP contribution in [0.5, 0.6) is 11.6 Å². The minimum Gasteiger partial charge on any atom is -0.491 e. The quantitative estimate of drug-likeness (QED) is 0.846. The summed E-state index contributed by atoms with van der Waals surface area (Å²) in [6.45, 7) is 0.801. The Labute approximate surface area is 141 Å². The zero-order valence-corrected chi connectivity index (χ0v) is 14.0. The Kier molecular flexibility index (Phi) is 5.27. The van der Waals surface area contributed by atoms with Gasteiger partial charge in [-0.25, -0.2) is 0 Å². The highest BCUT2D eigenvalue weighted by molar-refractivity contribution is 5.61. The van der Waals surface area contributed by atoms with Crippen molar-refractivity contribution in [3.8, 4) is 22.9 Å². The van der Waals surface area contributed by atoms with Gasteiger partial charge in [0.25, 0.3) is 5.88 Å². The fraction of sp³-hybridized carbons (Fsp3) is 0.444. The lowest BCUT2D eigenvalue weighted by molar-refractivity contribution is 0.179. The summed E-state index contributed by atoms with van der Waals surface area (Å²) in [5, 5.41) is 21.3. The first-order valence-corrected chi connectivity index (χ1v) is 8.16. The van der Waals surface area contributed by atoms with Gasteiger partial charge in [0.05, 0.1) is 26.0 Å². The molecule has 1 aliphatic rings. The highest BCUT2D eigenvalue weighted by Gasteiger charge is 2.21. The van der Waals surface area contributed by atoms with E-state index in [2.05, 4.69) is 27.6 Å². The number of ether oxygens (including phenoxy) is 2.